The second-order valence-electron chi connectivity index (χ2n) is 6.97. The van der Waals surface area contributed by atoms with Crippen molar-refractivity contribution >= 4 is 17.6 Å². The van der Waals surface area contributed by atoms with Crippen molar-refractivity contribution in [2.75, 3.05) is 13.2 Å². The van der Waals surface area contributed by atoms with Crippen LogP contribution in [0.15, 0.2) is 66.9 Å². The van der Waals surface area contributed by atoms with Crippen molar-refractivity contribution in [2.24, 2.45) is 0 Å². The van der Waals surface area contributed by atoms with Gasteiger partial charge in [-0.05, 0) is 53.9 Å². The summed E-state index contributed by atoms with van der Waals surface area (Å²) in [5.74, 6) is -0.640. The van der Waals surface area contributed by atoms with E-state index in [4.69, 9.17) is 16.3 Å². The number of nitrogens with zero attached hydrogens (tertiary/aromatic N) is 1. The first kappa shape index (κ1) is 22.7. The fourth-order valence-electron chi connectivity index (χ4n) is 3.04. The number of benzene rings is 2. The summed E-state index contributed by atoms with van der Waals surface area (Å²) in [5, 5.41) is 32.9. The molecular formula is C23H23ClN2O5. The van der Waals surface area contributed by atoms with Crippen LogP contribution in [0.2, 0.25) is 5.02 Å². The third-order valence-electron chi connectivity index (χ3n) is 4.68. The Bertz CT molecular complexity index is 1010. The number of halogens is 1. The summed E-state index contributed by atoms with van der Waals surface area (Å²) in [5.41, 5.74) is 1.62. The molecule has 162 valence electrons. The third kappa shape index (κ3) is 6.50. The summed E-state index contributed by atoms with van der Waals surface area (Å²) in [4.78, 5) is 15.2. The molecule has 3 aromatic rings. The fraction of sp³-hybridized carbons (Fsp3) is 0.217. The molecule has 0 saturated heterocycles. The van der Waals surface area contributed by atoms with Crippen molar-refractivity contribution in [3.63, 3.8) is 0 Å². The van der Waals surface area contributed by atoms with Gasteiger partial charge in [0.15, 0.2) is 0 Å². The maximum Gasteiger partial charge on any atom is 0.341 e. The Labute approximate surface area is 184 Å². The Kier molecular flexibility index (Phi) is 7.97. The number of rotatable bonds is 10. The van der Waals surface area contributed by atoms with Crippen LogP contribution < -0.4 is 10.1 Å². The Morgan fingerprint density at radius 3 is 2.58 bits per heavy atom. The topological polar surface area (TPSA) is 112 Å². The van der Waals surface area contributed by atoms with Crippen LogP contribution in [0.5, 0.6) is 11.6 Å². The van der Waals surface area contributed by atoms with Crippen molar-refractivity contribution < 1.29 is 24.9 Å². The van der Waals surface area contributed by atoms with Crippen molar-refractivity contribution in [2.45, 2.75) is 18.6 Å². The lowest BCUT2D eigenvalue weighted by Crippen LogP contribution is -2.37. The number of pyridine rings is 1. The van der Waals surface area contributed by atoms with E-state index in [9.17, 15) is 20.1 Å². The minimum absolute atomic E-state index is 0.0191. The Hall–Kier alpha value is -2.97. The number of hydrogen-bond acceptors (Lipinski definition) is 6. The normalized spacial score (nSPS) is 12.9. The standard InChI is InChI=1S/C23H23ClN2O5/c24-17-4-1-3-16(12-17)21(28)13-26-18(14-27)11-15-6-8-19(9-7-15)31-22-20(23(29)30)5-2-10-25-22/h1-10,12,18,21,26-28H,11,13-14H2,(H,29,30)/t18-,21-/m0/s1. The second kappa shape index (κ2) is 10.9. The van der Waals surface area contributed by atoms with Crippen molar-refractivity contribution in [3.05, 3.63) is 88.6 Å². The van der Waals surface area contributed by atoms with E-state index in [2.05, 4.69) is 10.3 Å². The summed E-state index contributed by atoms with van der Waals surface area (Å²) >= 11 is 5.96. The van der Waals surface area contributed by atoms with Crippen molar-refractivity contribution in [3.8, 4) is 11.6 Å². The molecule has 2 aromatic carbocycles. The molecule has 2 atom stereocenters. The smallest absolute Gasteiger partial charge is 0.341 e. The molecule has 0 unspecified atom stereocenters. The first-order chi connectivity index (χ1) is 15.0. The number of carboxylic acids is 1. The first-order valence-electron chi connectivity index (χ1n) is 9.69. The van der Waals surface area contributed by atoms with Crippen LogP contribution in [0.3, 0.4) is 0 Å². The van der Waals surface area contributed by atoms with E-state index in [1.54, 1.807) is 36.4 Å². The molecule has 0 saturated carbocycles. The highest BCUT2D eigenvalue weighted by molar-refractivity contribution is 6.30. The van der Waals surface area contributed by atoms with Gasteiger partial charge in [0.1, 0.15) is 11.3 Å². The highest BCUT2D eigenvalue weighted by atomic mass is 35.5. The number of carboxylic acid groups (broad SMARTS) is 1. The van der Waals surface area contributed by atoms with E-state index in [-0.39, 0.29) is 30.6 Å². The lowest BCUT2D eigenvalue weighted by molar-refractivity contribution is 0.0693. The summed E-state index contributed by atoms with van der Waals surface area (Å²) in [6, 6.07) is 16.8. The van der Waals surface area contributed by atoms with E-state index in [1.165, 1.54) is 18.3 Å². The van der Waals surface area contributed by atoms with Crippen LogP contribution >= 0.6 is 11.6 Å². The molecule has 0 aliphatic carbocycles. The molecule has 0 spiro atoms. The molecule has 31 heavy (non-hydrogen) atoms. The van der Waals surface area contributed by atoms with Gasteiger partial charge in [-0.1, -0.05) is 35.9 Å². The molecule has 1 heterocycles. The van der Waals surface area contributed by atoms with Gasteiger partial charge >= 0.3 is 5.97 Å². The van der Waals surface area contributed by atoms with Crippen molar-refractivity contribution in [1.82, 2.24) is 10.3 Å². The zero-order chi connectivity index (χ0) is 22.2. The maximum absolute atomic E-state index is 11.3. The summed E-state index contributed by atoms with van der Waals surface area (Å²) in [6.45, 7) is 0.167. The van der Waals surface area contributed by atoms with Crippen LogP contribution in [0.1, 0.15) is 27.6 Å². The molecule has 1 aromatic heterocycles. The summed E-state index contributed by atoms with van der Waals surface area (Å²) in [7, 11) is 0. The zero-order valence-corrected chi connectivity index (χ0v) is 17.4. The maximum atomic E-state index is 11.3. The predicted octanol–water partition coefficient (Wildman–Crippen LogP) is 3.45. The average molecular weight is 443 g/mol. The number of aliphatic hydroxyl groups excluding tert-OH is 2. The third-order valence-corrected chi connectivity index (χ3v) is 4.91. The number of carbonyl (C=O) groups is 1. The van der Waals surface area contributed by atoms with Gasteiger partial charge in [0.25, 0.3) is 0 Å². The van der Waals surface area contributed by atoms with E-state index >= 15 is 0 Å². The molecule has 3 rings (SSSR count). The average Bonchev–Trinajstić information content (AvgIpc) is 2.77. The van der Waals surface area contributed by atoms with E-state index in [0.717, 1.165) is 5.56 Å². The van der Waals surface area contributed by atoms with Crippen LogP contribution in [0.4, 0.5) is 0 Å². The molecule has 0 radical (unpaired) electrons. The highest BCUT2D eigenvalue weighted by Crippen LogP contribution is 2.23. The van der Waals surface area contributed by atoms with E-state index in [0.29, 0.717) is 22.8 Å². The quantitative estimate of drug-likeness (QED) is 0.380. The van der Waals surface area contributed by atoms with Crippen molar-refractivity contribution in [1.29, 1.82) is 0 Å². The number of aromatic nitrogens is 1. The molecule has 0 aliphatic rings. The Balaban J connectivity index is 1.57. The van der Waals surface area contributed by atoms with Gasteiger partial charge < -0.3 is 25.4 Å². The minimum atomic E-state index is -1.11. The van der Waals surface area contributed by atoms with Crippen LogP contribution in [-0.4, -0.2) is 45.5 Å². The largest absolute Gasteiger partial charge is 0.477 e. The predicted molar refractivity (Wildman–Crippen MR) is 117 cm³/mol. The number of hydrogen-bond donors (Lipinski definition) is 4. The van der Waals surface area contributed by atoms with Crippen LogP contribution in [-0.2, 0) is 6.42 Å². The number of ether oxygens (including phenoxy) is 1. The second-order valence-corrected chi connectivity index (χ2v) is 7.41. The van der Waals surface area contributed by atoms with Crippen LogP contribution in [0, 0.1) is 0 Å². The first-order valence-corrected chi connectivity index (χ1v) is 10.1. The van der Waals surface area contributed by atoms with Gasteiger partial charge in [-0.25, -0.2) is 9.78 Å². The number of aliphatic hydroxyl groups is 2. The summed E-state index contributed by atoms with van der Waals surface area (Å²) < 4.78 is 5.59. The van der Waals surface area contributed by atoms with Gasteiger partial charge in [0, 0.05) is 23.8 Å². The lowest BCUT2D eigenvalue weighted by atomic mass is 10.1. The van der Waals surface area contributed by atoms with Gasteiger partial charge in [-0.2, -0.15) is 0 Å². The molecule has 0 aliphatic heterocycles. The van der Waals surface area contributed by atoms with E-state index in [1.807, 2.05) is 12.1 Å². The van der Waals surface area contributed by atoms with Gasteiger partial charge in [0.05, 0.1) is 12.7 Å². The van der Waals surface area contributed by atoms with Gasteiger partial charge in [-0.15, -0.1) is 0 Å². The lowest BCUT2D eigenvalue weighted by Gasteiger charge is -2.19. The van der Waals surface area contributed by atoms with Gasteiger partial charge in [0.2, 0.25) is 5.88 Å². The molecular weight excluding hydrogens is 420 g/mol. The monoisotopic (exact) mass is 442 g/mol. The molecule has 0 amide bonds. The Morgan fingerprint density at radius 2 is 1.90 bits per heavy atom. The molecule has 0 bridgehead atoms. The zero-order valence-electron chi connectivity index (χ0n) is 16.6. The van der Waals surface area contributed by atoms with Crippen LogP contribution in [0.25, 0.3) is 0 Å². The summed E-state index contributed by atoms with van der Waals surface area (Å²) in [6.07, 6.45) is 1.25. The molecule has 4 N–H and O–H groups in total. The molecule has 7 nitrogen and oxygen atoms in total. The Morgan fingerprint density at radius 1 is 1.13 bits per heavy atom. The minimum Gasteiger partial charge on any atom is -0.477 e. The molecule has 8 heteroatoms. The van der Waals surface area contributed by atoms with E-state index < -0.39 is 12.1 Å². The SMILES string of the molecule is O=C(O)c1cccnc1Oc1ccc(C[C@@H](CO)NC[C@H](O)c2cccc(Cl)c2)cc1. The molecule has 0 fully saturated rings. The fourth-order valence-corrected chi connectivity index (χ4v) is 3.23. The van der Waals surface area contributed by atoms with Gasteiger partial charge in [-0.3, -0.25) is 0 Å². The number of aromatic carboxylic acids is 1. The number of nitrogens with one attached hydrogen (secondary N) is 1. The highest BCUT2D eigenvalue weighted by Gasteiger charge is 2.15.